The average molecular weight is 521 g/mol. The molecule has 0 radical (unpaired) electrons. The summed E-state index contributed by atoms with van der Waals surface area (Å²) in [4.78, 5) is 19.0. The third kappa shape index (κ3) is 5.44. The Morgan fingerprint density at radius 1 is 1.24 bits per heavy atom. The number of rotatable bonds is 10. The molecule has 1 saturated heterocycles. The van der Waals surface area contributed by atoms with Crippen LogP contribution in [0.5, 0.6) is 11.8 Å². The first kappa shape index (κ1) is 26.3. The summed E-state index contributed by atoms with van der Waals surface area (Å²) >= 11 is 0. The van der Waals surface area contributed by atoms with Gasteiger partial charge in [0, 0.05) is 37.6 Å². The normalized spacial score (nSPS) is 18.6. The lowest BCUT2D eigenvalue weighted by molar-refractivity contribution is 0.183. The zero-order valence-electron chi connectivity index (χ0n) is 22.8. The summed E-state index contributed by atoms with van der Waals surface area (Å²) in [6.07, 6.45) is 3.89. The van der Waals surface area contributed by atoms with Crippen LogP contribution in [0.1, 0.15) is 25.3 Å². The zero-order valence-corrected chi connectivity index (χ0v) is 22.8. The Hall–Kier alpha value is -3.30. The maximum Gasteiger partial charge on any atom is 0.320 e. The fraction of sp³-hybridized carbons (Fsp3) is 0.483. The number of pyridine rings is 1. The monoisotopic (exact) mass is 520 g/mol. The van der Waals surface area contributed by atoms with Gasteiger partial charge in [-0.2, -0.15) is 9.97 Å². The van der Waals surface area contributed by atoms with Crippen LogP contribution in [0.4, 0.5) is 10.2 Å². The highest BCUT2D eigenvalue weighted by Crippen LogP contribution is 2.46. The van der Waals surface area contributed by atoms with Gasteiger partial charge in [0.15, 0.2) is 5.65 Å². The molecule has 0 amide bonds. The summed E-state index contributed by atoms with van der Waals surface area (Å²) in [6, 6.07) is 7.35. The Morgan fingerprint density at radius 3 is 2.76 bits per heavy atom. The lowest BCUT2D eigenvalue weighted by atomic mass is 10.0. The van der Waals surface area contributed by atoms with Crippen molar-refractivity contribution in [3.05, 3.63) is 48.3 Å². The van der Waals surface area contributed by atoms with Crippen molar-refractivity contribution in [2.24, 2.45) is 5.41 Å². The lowest BCUT2D eigenvalue weighted by Crippen LogP contribution is -2.50. The molecule has 9 heteroatoms. The van der Waals surface area contributed by atoms with Crippen LogP contribution < -0.4 is 19.7 Å². The van der Waals surface area contributed by atoms with Crippen LogP contribution in [0.25, 0.3) is 22.3 Å². The van der Waals surface area contributed by atoms with Gasteiger partial charge in [0.1, 0.15) is 24.0 Å². The molecule has 1 atom stereocenters. The van der Waals surface area contributed by atoms with E-state index in [4.69, 9.17) is 24.4 Å². The fourth-order valence-electron chi connectivity index (χ4n) is 5.23. The van der Waals surface area contributed by atoms with Crippen LogP contribution in [0, 0.1) is 18.2 Å². The van der Waals surface area contributed by atoms with Gasteiger partial charge < -0.3 is 24.6 Å². The molecule has 38 heavy (non-hydrogen) atoms. The number of aromatic nitrogens is 3. The second-order valence-corrected chi connectivity index (χ2v) is 10.8. The molecule has 0 spiro atoms. The molecule has 1 aliphatic carbocycles. The summed E-state index contributed by atoms with van der Waals surface area (Å²) in [5.41, 5.74) is 2.24. The third-order valence-corrected chi connectivity index (χ3v) is 7.30. The number of nitrogens with one attached hydrogen (secondary N) is 1. The van der Waals surface area contributed by atoms with Gasteiger partial charge in [0.2, 0.25) is 0 Å². The molecule has 1 aliphatic heterocycles. The molecule has 1 saturated carbocycles. The molecule has 1 aromatic carbocycles. The van der Waals surface area contributed by atoms with Gasteiger partial charge in [0.25, 0.3) is 0 Å². The first-order chi connectivity index (χ1) is 18.3. The van der Waals surface area contributed by atoms with E-state index in [1.54, 1.807) is 18.2 Å². The van der Waals surface area contributed by atoms with E-state index in [1.807, 2.05) is 13.0 Å². The van der Waals surface area contributed by atoms with E-state index in [0.717, 1.165) is 55.8 Å². The molecule has 2 fully saturated rings. The molecule has 5 rings (SSSR count). The lowest BCUT2D eigenvalue weighted by Gasteiger charge is -2.35. The summed E-state index contributed by atoms with van der Waals surface area (Å²) in [5, 5.41) is 4.27. The van der Waals surface area contributed by atoms with Crippen molar-refractivity contribution in [3.8, 4) is 23.0 Å². The summed E-state index contributed by atoms with van der Waals surface area (Å²) < 4.78 is 27.2. The SMILES string of the molecule is C=CCOc1cccc(F)c1-c1nc2nc(OCC3(CN(C)C)CC3)nc(N3CCNC[C@H]3C)c2cc1C. The minimum Gasteiger partial charge on any atom is -0.489 e. The molecule has 3 aromatic rings. The molecule has 3 heterocycles. The van der Waals surface area contributed by atoms with Gasteiger partial charge in [-0.05, 0) is 64.5 Å². The highest BCUT2D eigenvalue weighted by molar-refractivity contribution is 5.91. The molecular formula is C29H37FN6O2. The molecule has 2 aromatic heterocycles. The summed E-state index contributed by atoms with van der Waals surface area (Å²) in [5.74, 6) is 0.818. The standard InChI is InChI=1S/C29H37FN6O2/c1-6-14-37-23-9-7-8-22(30)24(23)25-19(2)15-21-26(32-25)33-28(38-18-29(10-11-29)17-35(4)5)34-27(21)36-13-12-31-16-20(36)3/h6-9,15,20,31H,1,10-14,16-18H2,2-5H3/t20-/m1/s1. The van der Waals surface area contributed by atoms with E-state index < -0.39 is 5.82 Å². The number of benzene rings is 1. The first-order valence-corrected chi connectivity index (χ1v) is 13.3. The van der Waals surface area contributed by atoms with Gasteiger partial charge in [-0.3, -0.25) is 0 Å². The van der Waals surface area contributed by atoms with Crippen LogP contribution in [0.15, 0.2) is 36.9 Å². The smallest absolute Gasteiger partial charge is 0.320 e. The van der Waals surface area contributed by atoms with Crippen LogP contribution in [-0.2, 0) is 0 Å². The number of fused-ring (bicyclic) bond motifs is 1. The van der Waals surface area contributed by atoms with Gasteiger partial charge in [-0.25, -0.2) is 9.37 Å². The Balaban J connectivity index is 1.60. The van der Waals surface area contributed by atoms with Crippen molar-refractivity contribution in [2.75, 3.05) is 58.4 Å². The molecule has 1 N–H and O–H groups in total. The Bertz CT molecular complexity index is 1330. The number of hydrogen-bond acceptors (Lipinski definition) is 8. The predicted molar refractivity (Wildman–Crippen MR) is 149 cm³/mol. The van der Waals surface area contributed by atoms with E-state index in [-0.39, 0.29) is 18.1 Å². The maximum atomic E-state index is 15.2. The molecule has 0 unspecified atom stereocenters. The van der Waals surface area contributed by atoms with E-state index in [2.05, 4.69) is 42.7 Å². The second kappa shape index (κ2) is 10.8. The number of aryl methyl sites for hydroxylation is 1. The van der Waals surface area contributed by atoms with E-state index in [9.17, 15) is 0 Å². The van der Waals surface area contributed by atoms with Crippen LogP contribution >= 0.6 is 0 Å². The maximum absolute atomic E-state index is 15.2. The van der Waals surface area contributed by atoms with Crippen molar-refractivity contribution in [2.45, 2.75) is 32.7 Å². The number of nitrogens with zero attached hydrogens (tertiary/aromatic N) is 5. The van der Waals surface area contributed by atoms with E-state index in [1.165, 1.54) is 6.07 Å². The number of halogens is 1. The average Bonchev–Trinajstić information content (AvgIpc) is 3.65. The topological polar surface area (TPSA) is 75.6 Å². The Labute approximate surface area is 223 Å². The quantitative estimate of drug-likeness (QED) is 0.398. The third-order valence-electron chi connectivity index (χ3n) is 7.30. The first-order valence-electron chi connectivity index (χ1n) is 13.3. The highest BCUT2D eigenvalue weighted by atomic mass is 19.1. The number of ether oxygens (including phenoxy) is 2. The van der Waals surface area contributed by atoms with Crippen molar-refractivity contribution in [3.63, 3.8) is 0 Å². The van der Waals surface area contributed by atoms with Gasteiger partial charge in [-0.1, -0.05) is 18.7 Å². The zero-order chi connectivity index (χ0) is 26.9. The second-order valence-electron chi connectivity index (χ2n) is 10.8. The number of hydrogen-bond donors (Lipinski definition) is 1. The van der Waals surface area contributed by atoms with Gasteiger partial charge in [0.05, 0.1) is 23.3 Å². The molecule has 8 nitrogen and oxygen atoms in total. The summed E-state index contributed by atoms with van der Waals surface area (Å²) in [6.45, 7) is 12.1. The van der Waals surface area contributed by atoms with E-state index >= 15 is 4.39 Å². The summed E-state index contributed by atoms with van der Waals surface area (Å²) in [7, 11) is 4.17. The van der Waals surface area contributed by atoms with Crippen molar-refractivity contribution >= 4 is 16.9 Å². The van der Waals surface area contributed by atoms with Gasteiger partial charge in [-0.15, -0.1) is 0 Å². The number of piperazine rings is 1. The van der Waals surface area contributed by atoms with Crippen molar-refractivity contribution in [1.82, 2.24) is 25.2 Å². The van der Waals surface area contributed by atoms with Crippen molar-refractivity contribution < 1.29 is 13.9 Å². The highest BCUT2D eigenvalue weighted by Gasteiger charge is 2.44. The molecule has 0 bridgehead atoms. The molecular weight excluding hydrogens is 483 g/mol. The minimum atomic E-state index is -0.401. The number of anilines is 1. The van der Waals surface area contributed by atoms with Crippen LogP contribution in [-0.4, -0.2) is 79.4 Å². The molecule has 2 aliphatic rings. The van der Waals surface area contributed by atoms with Crippen LogP contribution in [0.3, 0.4) is 0 Å². The Morgan fingerprint density at radius 2 is 2.05 bits per heavy atom. The minimum absolute atomic E-state index is 0.140. The van der Waals surface area contributed by atoms with E-state index in [0.29, 0.717) is 35.3 Å². The largest absolute Gasteiger partial charge is 0.489 e. The van der Waals surface area contributed by atoms with Gasteiger partial charge >= 0.3 is 6.01 Å². The van der Waals surface area contributed by atoms with Crippen molar-refractivity contribution in [1.29, 1.82) is 0 Å². The Kier molecular flexibility index (Phi) is 7.49. The predicted octanol–water partition coefficient (Wildman–Crippen LogP) is 4.22. The van der Waals surface area contributed by atoms with Crippen LogP contribution in [0.2, 0.25) is 0 Å². The fourth-order valence-corrected chi connectivity index (χ4v) is 5.23. The molecule has 202 valence electrons.